The van der Waals surface area contributed by atoms with Gasteiger partial charge in [-0.05, 0) is 20.8 Å². The van der Waals surface area contributed by atoms with Crippen molar-refractivity contribution in [1.29, 1.82) is 0 Å². The molecule has 0 spiro atoms. The van der Waals surface area contributed by atoms with E-state index in [1.807, 2.05) is 6.92 Å². The fourth-order valence-corrected chi connectivity index (χ4v) is 2.26. The lowest BCUT2D eigenvalue weighted by Crippen LogP contribution is -2.28. The number of carbonyl (C=O) groups is 1. The fraction of sp³-hybridized carbons (Fsp3) is 0.417. The van der Waals surface area contributed by atoms with Crippen molar-refractivity contribution < 1.29 is 14.3 Å². The quantitative estimate of drug-likeness (QED) is 0.875. The second-order valence-corrected chi connectivity index (χ2v) is 5.54. The van der Waals surface area contributed by atoms with E-state index in [9.17, 15) is 4.79 Å². The number of aryl methyl sites for hydroxylation is 1. The molecule has 0 amide bonds. The molecule has 2 aromatic rings. The van der Waals surface area contributed by atoms with Gasteiger partial charge in [0.2, 0.25) is 5.89 Å². The number of carboxylic acid groups (broad SMARTS) is 1. The number of aromatic nitrogens is 2. The van der Waals surface area contributed by atoms with Crippen LogP contribution in [0.15, 0.2) is 16.0 Å². The molecule has 0 bridgehead atoms. The van der Waals surface area contributed by atoms with E-state index in [1.165, 1.54) is 11.3 Å². The molecular weight excluding hydrogens is 266 g/mol. The van der Waals surface area contributed by atoms with E-state index in [0.29, 0.717) is 23.3 Å². The van der Waals surface area contributed by atoms with Crippen molar-refractivity contribution in [1.82, 2.24) is 9.97 Å². The van der Waals surface area contributed by atoms with Crippen LogP contribution in [0.4, 0.5) is 5.13 Å². The van der Waals surface area contributed by atoms with Gasteiger partial charge in [0.05, 0.1) is 18.4 Å². The highest BCUT2D eigenvalue weighted by Crippen LogP contribution is 2.27. The lowest BCUT2D eigenvalue weighted by atomic mass is 9.90. The number of oxazole rings is 1. The monoisotopic (exact) mass is 281 g/mol. The molecular formula is C12H15N3O3S. The molecule has 0 aliphatic heterocycles. The third-order valence-corrected chi connectivity index (χ3v) is 3.54. The molecule has 0 aliphatic rings. The van der Waals surface area contributed by atoms with Crippen LogP contribution in [0.5, 0.6) is 0 Å². The van der Waals surface area contributed by atoms with E-state index >= 15 is 0 Å². The minimum Gasteiger partial charge on any atom is -0.481 e. The standard InChI is InChI=1S/C12H15N3O3S/c1-7-4-13-9(18-7)5-14-11-15-8(6-19-11)12(2,3)10(16)17/h4,6H,5H2,1-3H3,(H,14,15)(H,16,17). The minimum absolute atomic E-state index is 0.425. The Bertz CT molecular complexity index is 589. The first-order valence-corrected chi connectivity index (χ1v) is 6.62. The Morgan fingerprint density at radius 2 is 2.32 bits per heavy atom. The van der Waals surface area contributed by atoms with E-state index in [0.717, 1.165) is 5.76 Å². The third kappa shape index (κ3) is 2.93. The highest BCUT2D eigenvalue weighted by atomic mass is 32.1. The number of carboxylic acids is 1. The average molecular weight is 281 g/mol. The summed E-state index contributed by atoms with van der Waals surface area (Å²) in [6.45, 7) is 5.51. The summed E-state index contributed by atoms with van der Waals surface area (Å²) < 4.78 is 5.33. The van der Waals surface area contributed by atoms with Crippen molar-refractivity contribution in [2.75, 3.05) is 5.32 Å². The van der Waals surface area contributed by atoms with Gasteiger partial charge in [0.25, 0.3) is 0 Å². The Hall–Kier alpha value is -1.89. The number of hydrogen-bond acceptors (Lipinski definition) is 6. The first-order chi connectivity index (χ1) is 8.89. The lowest BCUT2D eigenvalue weighted by Gasteiger charge is -2.15. The van der Waals surface area contributed by atoms with Gasteiger partial charge in [0, 0.05) is 5.38 Å². The third-order valence-electron chi connectivity index (χ3n) is 2.74. The van der Waals surface area contributed by atoms with Gasteiger partial charge < -0.3 is 14.8 Å². The number of thiazole rings is 1. The van der Waals surface area contributed by atoms with Gasteiger partial charge >= 0.3 is 5.97 Å². The highest BCUT2D eigenvalue weighted by molar-refractivity contribution is 7.13. The molecule has 0 unspecified atom stereocenters. The summed E-state index contributed by atoms with van der Waals surface area (Å²) in [4.78, 5) is 19.5. The second-order valence-electron chi connectivity index (χ2n) is 4.69. The average Bonchev–Trinajstić information content (AvgIpc) is 2.95. The predicted octanol–water partition coefficient (Wildman–Crippen LogP) is 2.41. The molecule has 0 saturated heterocycles. The zero-order chi connectivity index (χ0) is 14.0. The van der Waals surface area contributed by atoms with Crippen LogP contribution in [-0.2, 0) is 16.8 Å². The maximum absolute atomic E-state index is 11.1. The lowest BCUT2D eigenvalue weighted by molar-refractivity contribution is -0.142. The number of nitrogens with zero attached hydrogens (tertiary/aromatic N) is 2. The van der Waals surface area contributed by atoms with Crippen molar-refractivity contribution >= 4 is 22.4 Å². The zero-order valence-corrected chi connectivity index (χ0v) is 11.7. The molecule has 7 heteroatoms. The molecule has 2 aromatic heterocycles. The Balaban J connectivity index is 2.03. The normalized spacial score (nSPS) is 11.5. The van der Waals surface area contributed by atoms with Gasteiger partial charge in [-0.3, -0.25) is 4.79 Å². The second kappa shape index (κ2) is 5.00. The molecule has 2 N–H and O–H groups in total. The summed E-state index contributed by atoms with van der Waals surface area (Å²) in [5, 5.41) is 14.6. The van der Waals surface area contributed by atoms with Crippen molar-refractivity contribution in [3.63, 3.8) is 0 Å². The van der Waals surface area contributed by atoms with E-state index < -0.39 is 11.4 Å². The van der Waals surface area contributed by atoms with Crippen molar-refractivity contribution in [3.8, 4) is 0 Å². The Kier molecular flexibility index (Phi) is 3.57. The van der Waals surface area contributed by atoms with Gasteiger partial charge in [-0.1, -0.05) is 0 Å². The summed E-state index contributed by atoms with van der Waals surface area (Å²) in [5.74, 6) is 0.433. The van der Waals surface area contributed by atoms with Crippen molar-refractivity contribution in [2.24, 2.45) is 0 Å². The summed E-state index contributed by atoms with van der Waals surface area (Å²) in [6, 6.07) is 0. The summed E-state index contributed by atoms with van der Waals surface area (Å²) >= 11 is 1.36. The summed E-state index contributed by atoms with van der Waals surface area (Å²) in [7, 11) is 0. The molecule has 0 saturated carbocycles. The Labute approximate surface area is 114 Å². The molecule has 0 aromatic carbocycles. The number of anilines is 1. The highest BCUT2D eigenvalue weighted by Gasteiger charge is 2.32. The smallest absolute Gasteiger partial charge is 0.315 e. The van der Waals surface area contributed by atoms with E-state index in [1.54, 1.807) is 25.4 Å². The molecule has 0 fully saturated rings. The Morgan fingerprint density at radius 3 is 2.89 bits per heavy atom. The SMILES string of the molecule is Cc1cnc(CNc2nc(C(C)(C)C(=O)O)cs2)o1. The molecule has 6 nitrogen and oxygen atoms in total. The van der Waals surface area contributed by atoms with Crippen LogP contribution in [0.25, 0.3) is 0 Å². The topological polar surface area (TPSA) is 88.2 Å². The van der Waals surface area contributed by atoms with Crippen LogP contribution in [0, 0.1) is 6.92 Å². The molecule has 0 radical (unpaired) electrons. The largest absolute Gasteiger partial charge is 0.481 e. The van der Waals surface area contributed by atoms with Crippen LogP contribution in [0.1, 0.15) is 31.2 Å². The van der Waals surface area contributed by atoms with E-state index in [-0.39, 0.29) is 0 Å². The van der Waals surface area contributed by atoms with Gasteiger partial charge in [0.15, 0.2) is 5.13 Å². The first kappa shape index (κ1) is 13.5. The molecule has 2 rings (SSSR count). The number of hydrogen-bond donors (Lipinski definition) is 2. The maximum Gasteiger partial charge on any atom is 0.315 e. The molecule has 2 heterocycles. The minimum atomic E-state index is -0.990. The number of rotatable bonds is 5. The molecule has 0 aliphatic carbocycles. The zero-order valence-electron chi connectivity index (χ0n) is 10.9. The van der Waals surface area contributed by atoms with Crippen LogP contribution in [0.2, 0.25) is 0 Å². The van der Waals surface area contributed by atoms with Crippen LogP contribution in [-0.4, -0.2) is 21.0 Å². The number of aliphatic carboxylic acids is 1. The fourth-order valence-electron chi connectivity index (χ4n) is 1.39. The first-order valence-electron chi connectivity index (χ1n) is 5.74. The molecule has 19 heavy (non-hydrogen) atoms. The van der Waals surface area contributed by atoms with Crippen LogP contribution < -0.4 is 5.32 Å². The Morgan fingerprint density at radius 1 is 1.58 bits per heavy atom. The molecule has 0 atom stereocenters. The van der Waals surface area contributed by atoms with E-state index in [4.69, 9.17) is 9.52 Å². The predicted molar refractivity (Wildman–Crippen MR) is 71.3 cm³/mol. The van der Waals surface area contributed by atoms with Crippen LogP contribution in [0.3, 0.4) is 0 Å². The van der Waals surface area contributed by atoms with Crippen molar-refractivity contribution in [3.05, 3.63) is 28.9 Å². The summed E-state index contributed by atoms with van der Waals surface area (Å²) in [6.07, 6.45) is 1.65. The van der Waals surface area contributed by atoms with Gasteiger partial charge in [-0.25, -0.2) is 9.97 Å². The molecule has 102 valence electrons. The van der Waals surface area contributed by atoms with Crippen LogP contribution >= 0.6 is 11.3 Å². The van der Waals surface area contributed by atoms with Gasteiger partial charge in [-0.15, -0.1) is 11.3 Å². The number of nitrogens with one attached hydrogen (secondary N) is 1. The van der Waals surface area contributed by atoms with Gasteiger partial charge in [0.1, 0.15) is 11.2 Å². The van der Waals surface area contributed by atoms with E-state index in [2.05, 4.69) is 15.3 Å². The van der Waals surface area contributed by atoms with Crippen molar-refractivity contribution in [2.45, 2.75) is 32.7 Å². The van der Waals surface area contributed by atoms with Gasteiger partial charge in [-0.2, -0.15) is 0 Å². The summed E-state index contributed by atoms with van der Waals surface area (Å²) in [5.41, 5.74) is -0.452. The maximum atomic E-state index is 11.1.